The zero-order valence-corrected chi connectivity index (χ0v) is 10.0. The predicted octanol–water partition coefficient (Wildman–Crippen LogP) is 0.899. The van der Waals surface area contributed by atoms with Crippen molar-refractivity contribution in [3.63, 3.8) is 0 Å². The average Bonchev–Trinajstić information content (AvgIpc) is 2.39. The van der Waals surface area contributed by atoms with E-state index < -0.39 is 23.4 Å². The van der Waals surface area contributed by atoms with Crippen LogP contribution in [0.25, 0.3) is 0 Å². The van der Waals surface area contributed by atoms with Crippen molar-refractivity contribution >= 4 is 12.3 Å². The third-order valence-corrected chi connectivity index (χ3v) is 2.37. The Morgan fingerprint density at radius 1 is 1.16 bits per heavy atom. The zero-order valence-electron chi connectivity index (χ0n) is 10.0. The van der Waals surface area contributed by atoms with Crippen LogP contribution in [0.1, 0.15) is 12.0 Å². The SMILES string of the molecule is O=CNCCCNC(=O)Cc1ccc(F)c(F)c1F. The number of hydrogen-bond donors (Lipinski definition) is 2. The molecule has 0 atom stereocenters. The van der Waals surface area contributed by atoms with Gasteiger partial charge in [-0.05, 0) is 12.5 Å². The molecule has 0 saturated carbocycles. The van der Waals surface area contributed by atoms with E-state index in [9.17, 15) is 22.8 Å². The van der Waals surface area contributed by atoms with Crippen molar-refractivity contribution in [1.82, 2.24) is 10.6 Å². The van der Waals surface area contributed by atoms with Gasteiger partial charge in [-0.15, -0.1) is 0 Å². The molecule has 0 fully saturated rings. The number of nitrogens with one attached hydrogen (secondary N) is 2. The van der Waals surface area contributed by atoms with Crippen LogP contribution in [-0.2, 0) is 16.0 Å². The van der Waals surface area contributed by atoms with E-state index in [1.807, 2.05) is 0 Å². The Labute approximate surface area is 108 Å². The highest BCUT2D eigenvalue weighted by Gasteiger charge is 2.15. The van der Waals surface area contributed by atoms with Gasteiger partial charge in [-0.25, -0.2) is 13.2 Å². The molecular formula is C12H13F3N2O2. The Balaban J connectivity index is 2.44. The van der Waals surface area contributed by atoms with Gasteiger partial charge in [-0.3, -0.25) is 9.59 Å². The van der Waals surface area contributed by atoms with E-state index in [4.69, 9.17) is 0 Å². The van der Waals surface area contributed by atoms with Crippen LogP contribution in [0.15, 0.2) is 12.1 Å². The second kappa shape index (κ2) is 7.40. The molecule has 0 aliphatic carbocycles. The summed E-state index contributed by atoms with van der Waals surface area (Å²) in [6, 6.07) is 1.80. The minimum absolute atomic E-state index is 0.206. The summed E-state index contributed by atoms with van der Waals surface area (Å²) < 4.78 is 38.8. The van der Waals surface area contributed by atoms with Crippen molar-refractivity contribution in [2.24, 2.45) is 0 Å². The Kier molecular flexibility index (Phi) is 5.84. The van der Waals surface area contributed by atoms with E-state index in [1.54, 1.807) is 0 Å². The third-order valence-electron chi connectivity index (χ3n) is 2.37. The lowest BCUT2D eigenvalue weighted by molar-refractivity contribution is -0.120. The molecule has 0 aliphatic heterocycles. The summed E-state index contributed by atoms with van der Waals surface area (Å²) >= 11 is 0. The molecule has 19 heavy (non-hydrogen) atoms. The van der Waals surface area contributed by atoms with Gasteiger partial charge in [-0.1, -0.05) is 6.07 Å². The molecule has 0 spiro atoms. The number of rotatable bonds is 7. The summed E-state index contributed by atoms with van der Waals surface area (Å²) in [4.78, 5) is 21.3. The Hall–Kier alpha value is -2.05. The monoisotopic (exact) mass is 274 g/mol. The largest absolute Gasteiger partial charge is 0.359 e. The number of carbonyl (C=O) groups is 2. The third kappa shape index (κ3) is 4.61. The van der Waals surface area contributed by atoms with Gasteiger partial charge in [-0.2, -0.15) is 0 Å². The summed E-state index contributed by atoms with van der Waals surface area (Å²) in [5.41, 5.74) is -0.206. The molecule has 2 amide bonds. The molecule has 0 radical (unpaired) electrons. The maximum Gasteiger partial charge on any atom is 0.224 e. The fourth-order valence-corrected chi connectivity index (χ4v) is 1.42. The summed E-state index contributed by atoms with van der Waals surface area (Å²) in [6.45, 7) is 0.703. The molecule has 2 N–H and O–H groups in total. The highest BCUT2D eigenvalue weighted by atomic mass is 19.2. The van der Waals surface area contributed by atoms with Crippen LogP contribution < -0.4 is 10.6 Å². The molecule has 0 heterocycles. The van der Waals surface area contributed by atoms with Gasteiger partial charge in [0.2, 0.25) is 12.3 Å². The van der Waals surface area contributed by atoms with Crippen LogP contribution in [0.5, 0.6) is 0 Å². The summed E-state index contributed by atoms with van der Waals surface area (Å²) in [5.74, 6) is -4.73. The van der Waals surface area contributed by atoms with Crippen molar-refractivity contribution in [2.45, 2.75) is 12.8 Å². The van der Waals surface area contributed by atoms with Crippen molar-refractivity contribution in [2.75, 3.05) is 13.1 Å². The predicted molar refractivity (Wildman–Crippen MR) is 61.7 cm³/mol. The lowest BCUT2D eigenvalue weighted by Gasteiger charge is -2.06. The Morgan fingerprint density at radius 2 is 1.89 bits per heavy atom. The van der Waals surface area contributed by atoms with Gasteiger partial charge in [0.1, 0.15) is 0 Å². The second-order valence-corrected chi connectivity index (χ2v) is 3.79. The lowest BCUT2D eigenvalue weighted by Crippen LogP contribution is -2.28. The molecular weight excluding hydrogens is 261 g/mol. The molecule has 0 aliphatic rings. The summed E-state index contributed by atoms with van der Waals surface area (Å²) in [7, 11) is 0. The molecule has 1 aromatic carbocycles. The first-order valence-corrected chi connectivity index (χ1v) is 5.62. The minimum Gasteiger partial charge on any atom is -0.359 e. The Morgan fingerprint density at radius 3 is 2.58 bits per heavy atom. The first-order chi connectivity index (χ1) is 9.06. The summed E-state index contributed by atoms with van der Waals surface area (Å²) in [6.07, 6.45) is 0.688. The number of amides is 2. The Bertz CT molecular complexity index is 467. The number of carbonyl (C=O) groups excluding carboxylic acids is 2. The van der Waals surface area contributed by atoms with E-state index in [0.29, 0.717) is 25.9 Å². The standard InChI is InChI=1S/C12H13F3N2O2/c13-9-3-2-8(11(14)12(9)15)6-10(19)17-5-1-4-16-7-18/h2-3,7H,1,4-6H2,(H,16,18)(H,17,19). The minimum atomic E-state index is -1.58. The number of hydrogen-bond acceptors (Lipinski definition) is 2. The van der Waals surface area contributed by atoms with Gasteiger partial charge in [0.25, 0.3) is 0 Å². The first-order valence-electron chi connectivity index (χ1n) is 5.62. The van der Waals surface area contributed by atoms with Gasteiger partial charge >= 0.3 is 0 Å². The average molecular weight is 274 g/mol. The number of halogens is 3. The fraction of sp³-hybridized carbons (Fsp3) is 0.333. The molecule has 4 nitrogen and oxygen atoms in total. The summed E-state index contributed by atoms with van der Waals surface area (Å²) in [5, 5.41) is 4.88. The van der Waals surface area contributed by atoms with Crippen LogP contribution in [0, 0.1) is 17.5 Å². The second-order valence-electron chi connectivity index (χ2n) is 3.79. The smallest absolute Gasteiger partial charge is 0.224 e. The first kappa shape index (κ1) is 15.0. The number of benzene rings is 1. The van der Waals surface area contributed by atoms with E-state index in [-0.39, 0.29) is 12.0 Å². The van der Waals surface area contributed by atoms with Gasteiger partial charge in [0, 0.05) is 18.7 Å². The van der Waals surface area contributed by atoms with E-state index in [2.05, 4.69) is 10.6 Å². The quantitative estimate of drug-likeness (QED) is 0.441. The molecule has 1 rings (SSSR count). The molecule has 0 saturated heterocycles. The van der Waals surface area contributed by atoms with Crippen molar-refractivity contribution in [3.05, 3.63) is 35.1 Å². The van der Waals surface area contributed by atoms with Crippen molar-refractivity contribution in [1.29, 1.82) is 0 Å². The van der Waals surface area contributed by atoms with Gasteiger partial charge in [0.05, 0.1) is 6.42 Å². The van der Waals surface area contributed by atoms with E-state index in [1.165, 1.54) is 0 Å². The normalized spacial score (nSPS) is 10.1. The lowest BCUT2D eigenvalue weighted by atomic mass is 10.1. The van der Waals surface area contributed by atoms with E-state index in [0.717, 1.165) is 12.1 Å². The zero-order chi connectivity index (χ0) is 14.3. The van der Waals surface area contributed by atoms with Crippen LogP contribution in [0.2, 0.25) is 0 Å². The molecule has 104 valence electrons. The van der Waals surface area contributed by atoms with Crippen LogP contribution in [-0.4, -0.2) is 25.4 Å². The maximum atomic E-state index is 13.3. The maximum absolute atomic E-state index is 13.3. The highest BCUT2D eigenvalue weighted by molar-refractivity contribution is 5.78. The van der Waals surface area contributed by atoms with Gasteiger partial charge in [0.15, 0.2) is 17.5 Å². The van der Waals surface area contributed by atoms with Crippen LogP contribution >= 0.6 is 0 Å². The highest BCUT2D eigenvalue weighted by Crippen LogP contribution is 2.15. The van der Waals surface area contributed by atoms with Crippen molar-refractivity contribution < 1.29 is 22.8 Å². The van der Waals surface area contributed by atoms with Crippen molar-refractivity contribution in [3.8, 4) is 0 Å². The molecule has 0 aromatic heterocycles. The van der Waals surface area contributed by atoms with Crippen LogP contribution in [0.4, 0.5) is 13.2 Å². The van der Waals surface area contributed by atoms with Gasteiger partial charge < -0.3 is 10.6 Å². The fourth-order valence-electron chi connectivity index (χ4n) is 1.42. The molecule has 1 aromatic rings. The molecule has 0 unspecified atom stereocenters. The molecule has 0 bridgehead atoms. The molecule has 7 heteroatoms. The topological polar surface area (TPSA) is 58.2 Å². The van der Waals surface area contributed by atoms with Crippen LogP contribution in [0.3, 0.4) is 0 Å². The van der Waals surface area contributed by atoms with E-state index >= 15 is 0 Å².